The van der Waals surface area contributed by atoms with Crippen molar-refractivity contribution >= 4 is 23.0 Å². The van der Waals surface area contributed by atoms with Crippen molar-refractivity contribution < 1.29 is 4.74 Å². The number of benzene rings is 2. The Hall–Kier alpha value is -1.71. The van der Waals surface area contributed by atoms with Crippen molar-refractivity contribution in [2.45, 2.75) is 13.0 Å². The number of anilines is 2. The normalized spacial score (nSPS) is 12.1. The third-order valence-corrected chi connectivity index (χ3v) is 3.64. The molecule has 0 radical (unpaired) electrons. The summed E-state index contributed by atoms with van der Waals surface area (Å²) in [7, 11) is 3.65. The van der Waals surface area contributed by atoms with E-state index in [4.69, 9.17) is 22.1 Å². The number of hydrogen-bond donors (Lipinski definition) is 1. The van der Waals surface area contributed by atoms with Gasteiger partial charge in [-0.15, -0.1) is 0 Å². The third kappa shape index (κ3) is 2.89. The smallest absolute Gasteiger partial charge is 0.142 e. The van der Waals surface area contributed by atoms with E-state index in [0.29, 0.717) is 5.02 Å². The second-order valence-corrected chi connectivity index (χ2v) is 5.13. The predicted molar refractivity (Wildman–Crippen MR) is 85.1 cm³/mol. The molecule has 1 atom stereocenters. The first kappa shape index (κ1) is 14.7. The van der Waals surface area contributed by atoms with Gasteiger partial charge in [-0.3, -0.25) is 0 Å². The average molecular weight is 291 g/mol. The lowest BCUT2D eigenvalue weighted by Crippen LogP contribution is -2.12. The van der Waals surface area contributed by atoms with E-state index in [2.05, 4.69) is 0 Å². The Kier molecular flexibility index (Phi) is 4.53. The molecule has 0 aromatic heterocycles. The molecule has 4 heteroatoms. The van der Waals surface area contributed by atoms with E-state index in [1.54, 1.807) is 7.11 Å². The highest BCUT2D eigenvalue weighted by molar-refractivity contribution is 6.31. The van der Waals surface area contributed by atoms with Crippen molar-refractivity contribution in [3.63, 3.8) is 0 Å². The molecular formula is C16H19ClN2O. The van der Waals surface area contributed by atoms with Crippen molar-refractivity contribution in [1.82, 2.24) is 0 Å². The molecule has 2 N–H and O–H groups in total. The summed E-state index contributed by atoms with van der Waals surface area (Å²) >= 11 is 6.29. The number of rotatable bonds is 4. The number of halogens is 1. The standard InChI is InChI=1S/C16H19ClN2O/c1-11(18)13-9-8-12(10-14(13)17)19(2)15-6-4-5-7-16(15)20-3/h4-11H,18H2,1-3H3. The Morgan fingerprint density at radius 3 is 2.50 bits per heavy atom. The van der Waals surface area contributed by atoms with Gasteiger partial charge in [0.05, 0.1) is 12.8 Å². The van der Waals surface area contributed by atoms with Crippen molar-refractivity contribution in [3.8, 4) is 5.75 Å². The highest BCUT2D eigenvalue weighted by Crippen LogP contribution is 2.34. The summed E-state index contributed by atoms with van der Waals surface area (Å²) in [6.45, 7) is 1.92. The molecule has 0 aliphatic heterocycles. The highest BCUT2D eigenvalue weighted by atomic mass is 35.5. The lowest BCUT2D eigenvalue weighted by molar-refractivity contribution is 0.415. The molecule has 106 valence electrons. The van der Waals surface area contributed by atoms with Gasteiger partial charge in [0.2, 0.25) is 0 Å². The minimum atomic E-state index is -0.0758. The number of nitrogens with zero attached hydrogens (tertiary/aromatic N) is 1. The third-order valence-electron chi connectivity index (χ3n) is 3.31. The fourth-order valence-electron chi connectivity index (χ4n) is 2.14. The van der Waals surface area contributed by atoms with Gasteiger partial charge in [-0.2, -0.15) is 0 Å². The molecule has 0 aliphatic carbocycles. The molecule has 0 aliphatic rings. The Morgan fingerprint density at radius 1 is 1.20 bits per heavy atom. The molecule has 0 amide bonds. The molecular weight excluding hydrogens is 272 g/mol. The van der Waals surface area contributed by atoms with Crippen LogP contribution in [0.2, 0.25) is 5.02 Å². The van der Waals surface area contributed by atoms with Crippen LogP contribution < -0.4 is 15.4 Å². The van der Waals surface area contributed by atoms with Crippen LogP contribution in [0.15, 0.2) is 42.5 Å². The summed E-state index contributed by atoms with van der Waals surface area (Å²) in [6.07, 6.45) is 0. The maximum absolute atomic E-state index is 6.29. The van der Waals surface area contributed by atoms with Gasteiger partial charge in [0.1, 0.15) is 5.75 Å². The van der Waals surface area contributed by atoms with Crippen LogP contribution in [-0.2, 0) is 0 Å². The second kappa shape index (κ2) is 6.16. The van der Waals surface area contributed by atoms with Crippen LogP contribution in [0.4, 0.5) is 11.4 Å². The van der Waals surface area contributed by atoms with E-state index in [1.165, 1.54) is 0 Å². The molecule has 2 aromatic rings. The molecule has 0 heterocycles. The molecule has 3 nitrogen and oxygen atoms in total. The Bertz CT molecular complexity index is 599. The summed E-state index contributed by atoms with van der Waals surface area (Å²) in [4.78, 5) is 2.04. The summed E-state index contributed by atoms with van der Waals surface area (Å²) in [5.74, 6) is 0.822. The number of para-hydroxylation sites is 2. The molecule has 0 spiro atoms. The Morgan fingerprint density at radius 2 is 1.90 bits per heavy atom. The zero-order valence-corrected chi connectivity index (χ0v) is 12.7. The summed E-state index contributed by atoms with van der Waals surface area (Å²) in [6, 6.07) is 13.7. The zero-order chi connectivity index (χ0) is 14.7. The Balaban J connectivity index is 2.38. The maximum atomic E-state index is 6.29. The zero-order valence-electron chi connectivity index (χ0n) is 11.9. The van der Waals surface area contributed by atoms with Crippen LogP contribution in [0.5, 0.6) is 5.75 Å². The molecule has 0 saturated heterocycles. The average Bonchev–Trinajstić information content (AvgIpc) is 2.45. The van der Waals surface area contributed by atoms with Crippen molar-refractivity contribution in [1.29, 1.82) is 0 Å². The SMILES string of the molecule is COc1ccccc1N(C)c1ccc(C(C)N)c(Cl)c1. The van der Waals surface area contributed by atoms with Crippen LogP contribution >= 0.6 is 11.6 Å². The minimum absolute atomic E-state index is 0.0758. The van der Waals surface area contributed by atoms with E-state index < -0.39 is 0 Å². The minimum Gasteiger partial charge on any atom is -0.495 e. The molecule has 2 rings (SSSR count). The number of ether oxygens (including phenoxy) is 1. The lowest BCUT2D eigenvalue weighted by Gasteiger charge is -2.23. The topological polar surface area (TPSA) is 38.5 Å². The summed E-state index contributed by atoms with van der Waals surface area (Å²) < 4.78 is 5.39. The maximum Gasteiger partial charge on any atom is 0.142 e. The molecule has 0 bridgehead atoms. The van der Waals surface area contributed by atoms with Gasteiger partial charge in [0.15, 0.2) is 0 Å². The number of hydrogen-bond acceptors (Lipinski definition) is 3. The molecule has 2 aromatic carbocycles. The van der Waals surface area contributed by atoms with E-state index in [9.17, 15) is 0 Å². The van der Waals surface area contributed by atoms with Gasteiger partial charge in [0, 0.05) is 23.8 Å². The Labute approximate surface area is 124 Å². The molecule has 1 unspecified atom stereocenters. The fourth-order valence-corrected chi connectivity index (χ4v) is 2.49. The number of methoxy groups -OCH3 is 1. The summed E-state index contributed by atoms with van der Waals surface area (Å²) in [5, 5.41) is 0.680. The largest absolute Gasteiger partial charge is 0.495 e. The lowest BCUT2D eigenvalue weighted by atomic mass is 10.1. The van der Waals surface area contributed by atoms with E-state index in [0.717, 1.165) is 22.7 Å². The van der Waals surface area contributed by atoms with E-state index in [1.807, 2.05) is 61.3 Å². The molecule has 0 saturated carbocycles. The van der Waals surface area contributed by atoms with E-state index >= 15 is 0 Å². The highest BCUT2D eigenvalue weighted by Gasteiger charge is 2.12. The van der Waals surface area contributed by atoms with Gasteiger partial charge in [-0.1, -0.05) is 29.8 Å². The van der Waals surface area contributed by atoms with Crippen molar-refractivity contribution in [2.24, 2.45) is 5.73 Å². The van der Waals surface area contributed by atoms with Crippen LogP contribution in [0.3, 0.4) is 0 Å². The second-order valence-electron chi connectivity index (χ2n) is 4.73. The first-order valence-corrected chi connectivity index (χ1v) is 6.84. The first-order valence-electron chi connectivity index (χ1n) is 6.46. The van der Waals surface area contributed by atoms with Gasteiger partial charge in [0.25, 0.3) is 0 Å². The molecule has 20 heavy (non-hydrogen) atoms. The molecule has 0 fully saturated rings. The van der Waals surface area contributed by atoms with Crippen LogP contribution in [-0.4, -0.2) is 14.2 Å². The summed E-state index contributed by atoms with van der Waals surface area (Å²) in [5.41, 5.74) is 8.80. The predicted octanol–water partition coefficient (Wildman–Crippen LogP) is 4.14. The van der Waals surface area contributed by atoms with E-state index in [-0.39, 0.29) is 6.04 Å². The van der Waals surface area contributed by atoms with Gasteiger partial charge >= 0.3 is 0 Å². The van der Waals surface area contributed by atoms with Crippen molar-refractivity contribution in [2.75, 3.05) is 19.1 Å². The van der Waals surface area contributed by atoms with Gasteiger partial charge in [-0.25, -0.2) is 0 Å². The van der Waals surface area contributed by atoms with Crippen LogP contribution in [0.25, 0.3) is 0 Å². The van der Waals surface area contributed by atoms with Gasteiger partial charge < -0.3 is 15.4 Å². The first-order chi connectivity index (χ1) is 9.54. The van der Waals surface area contributed by atoms with Crippen LogP contribution in [0, 0.1) is 0 Å². The number of nitrogens with two attached hydrogens (primary N) is 1. The quantitative estimate of drug-likeness (QED) is 0.920. The van der Waals surface area contributed by atoms with Gasteiger partial charge in [-0.05, 0) is 36.8 Å². The van der Waals surface area contributed by atoms with Crippen molar-refractivity contribution in [3.05, 3.63) is 53.1 Å². The fraction of sp³-hybridized carbons (Fsp3) is 0.250. The monoisotopic (exact) mass is 290 g/mol. The van der Waals surface area contributed by atoms with Crippen LogP contribution in [0.1, 0.15) is 18.5 Å².